The number of ether oxygens (including phenoxy) is 1. The number of carbonyl (C=O) groups is 1. The summed E-state index contributed by atoms with van der Waals surface area (Å²) in [6.07, 6.45) is 1.80. The molecule has 3 rings (SSSR count). The molecule has 1 aromatic heterocycles. The minimum Gasteiger partial charge on any atom is -0.496 e. The van der Waals surface area contributed by atoms with Crippen LogP contribution in [0.4, 0.5) is 0 Å². The first-order valence-corrected chi connectivity index (χ1v) is 12.4. The number of sulfonamides is 1. The fourth-order valence-electron chi connectivity index (χ4n) is 3.57. The van der Waals surface area contributed by atoms with E-state index in [9.17, 15) is 13.2 Å². The third-order valence-electron chi connectivity index (χ3n) is 5.33. The van der Waals surface area contributed by atoms with E-state index in [2.05, 4.69) is 9.38 Å². The lowest BCUT2D eigenvalue weighted by Crippen LogP contribution is -2.32. The maximum Gasteiger partial charge on any atom is 0.284 e. The molecular formula is C23H26N4O4S2. The number of Topliss-reactive ketones (excluding diaryl/α,β-unsaturated/α-hetero) is 1. The van der Waals surface area contributed by atoms with E-state index in [1.54, 1.807) is 62.7 Å². The molecule has 0 saturated carbocycles. The average Bonchev–Trinajstić information content (AvgIpc) is 3.30. The van der Waals surface area contributed by atoms with E-state index in [4.69, 9.17) is 16.2 Å². The van der Waals surface area contributed by atoms with Crippen molar-refractivity contribution in [1.29, 1.82) is 0 Å². The van der Waals surface area contributed by atoms with Crippen molar-refractivity contribution in [2.24, 2.45) is 15.9 Å². The number of aromatic nitrogens is 1. The first kappa shape index (κ1) is 24.6. The normalized spacial score (nSPS) is 13.1. The van der Waals surface area contributed by atoms with Crippen molar-refractivity contribution in [2.75, 3.05) is 7.11 Å². The van der Waals surface area contributed by atoms with Gasteiger partial charge in [0, 0.05) is 17.1 Å². The van der Waals surface area contributed by atoms with Gasteiger partial charge in [-0.2, -0.15) is 8.42 Å². The molecule has 4 N–H and O–H groups in total. The van der Waals surface area contributed by atoms with Gasteiger partial charge in [0.15, 0.2) is 5.01 Å². The van der Waals surface area contributed by atoms with Gasteiger partial charge in [0.25, 0.3) is 10.0 Å². The SMILES string of the molecule is COc1cc(C)c(S(=O)(=O)/N=C(\N)c2cccc(C[C@H](N)C(=O)c3nccs3)c2)c(C)c1C. The highest BCUT2D eigenvalue weighted by Crippen LogP contribution is 2.31. The van der Waals surface area contributed by atoms with Crippen LogP contribution in [0.5, 0.6) is 5.75 Å². The molecule has 2 aromatic carbocycles. The molecule has 0 unspecified atom stereocenters. The molecule has 0 radical (unpaired) electrons. The Morgan fingerprint density at radius 2 is 1.94 bits per heavy atom. The predicted octanol–water partition coefficient (Wildman–Crippen LogP) is 2.92. The molecule has 1 heterocycles. The third-order valence-corrected chi connectivity index (χ3v) is 7.70. The van der Waals surface area contributed by atoms with Crippen LogP contribution in [0.15, 0.2) is 51.2 Å². The van der Waals surface area contributed by atoms with E-state index in [0.717, 1.165) is 11.1 Å². The van der Waals surface area contributed by atoms with Crippen LogP contribution in [0.25, 0.3) is 0 Å². The molecule has 0 saturated heterocycles. The van der Waals surface area contributed by atoms with E-state index < -0.39 is 16.1 Å². The highest BCUT2D eigenvalue weighted by molar-refractivity contribution is 7.90. The molecule has 8 nitrogen and oxygen atoms in total. The summed E-state index contributed by atoms with van der Waals surface area (Å²) >= 11 is 1.23. The first-order chi connectivity index (χ1) is 15.5. The highest BCUT2D eigenvalue weighted by Gasteiger charge is 2.23. The van der Waals surface area contributed by atoms with Gasteiger partial charge in [0.2, 0.25) is 5.78 Å². The van der Waals surface area contributed by atoms with E-state index in [0.29, 0.717) is 27.4 Å². The molecule has 0 aliphatic rings. The Bertz CT molecular complexity index is 1320. The minimum atomic E-state index is -4.07. The smallest absolute Gasteiger partial charge is 0.284 e. The lowest BCUT2D eigenvalue weighted by molar-refractivity contribution is 0.0960. The summed E-state index contributed by atoms with van der Waals surface area (Å²) in [6, 6.07) is 7.74. The maximum absolute atomic E-state index is 13.1. The second-order valence-corrected chi connectivity index (χ2v) is 10.1. The first-order valence-electron chi connectivity index (χ1n) is 10.1. The quantitative estimate of drug-likeness (QED) is 0.284. The summed E-state index contributed by atoms with van der Waals surface area (Å²) in [6.45, 7) is 5.19. The number of nitrogens with two attached hydrogens (primary N) is 2. The van der Waals surface area contributed by atoms with Gasteiger partial charge >= 0.3 is 0 Å². The van der Waals surface area contributed by atoms with Crippen LogP contribution in [0.2, 0.25) is 0 Å². The van der Waals surface area contributed by atoms with Gasteiger partial charge in [-0.1, -0.05) is 18.2 Å². The fraction of sp³-hybridized carbons (Fsp3) is 0.261. The molecule has 0 spiro atoms. The zero-order valence-corrected chi connectivity index (χ0v) is 20.5. The van der Waals surface area contributed by atoms with E-state index in [1.807, 2.05) is 0 Å². The molecule has 174 valence electrons. The summed E-state index contributed by atoms with van der Waals surface area (Å²) in [5, 5.41) is 2.07. The average molecular weight is 487 g/mol. The maximum atomic E-state index is 13.1. The number of rotatable bonds is 8. The topological polar surface area (TPSA) is 138 Å². The Morgan fingerprint density at radius 3 is 2.58 bits per heavy atom. The van der Waals surface area contributed by atoms with Crippen molar-refractivity contribution in [3.63, 3.8) is 0 Å². The van der Waals surface area contributed by atoms with E-state index in [1.165, 1.54) is 18.4 Å². The van der Waals surface area contributed by atoms with Crippen LogP contribution in [-0.2, 0) is 16.4 Å². The Balaban J connectivity index is 1.90. The summed E-state index contributed by atoms with van der Waals surface area (Å²) in [4.78, 5) is 16.5. The molecule has 3 aromatic rings. The second-order valence-electron chi connectivity index (χ2n) is 7.64. The number of hydrogen-bond acceptors (Lipinski definition) is 7. The summed E-state index contributed by atoms with van der Waals surface area (Å²) in [5.74, 6) is 0.210. The van der Waals surface area contributed by atoms with Gasteiger partial charge in [0.05, 0.1) is 18.0 Å². The monoisotopic (exact) mass is 486 g/mol. The predicted molar refractivity (Wildman–Crippen MR) is 130 cm³/mol. The molecular weight excluding hydrogens is 460 g/mol. The summed E-state index contributed by atoms with van der Waals surface area (Å²) in [5.41, 5.74) is 15.1. The van der Waals surface area contributed by atoms with Crippen LogP contribution in [0.3, 0.4) is 0 Å². The zero-order valence-electron chi connectivity index (χ0n) is 18.8. The van der Waals surface area contributed by atoms with E-state index >= 15 is 0 Å². The van der Waals surface area contributed by atoms with Crippen LogP contribution in [0, 0.1) is 20.8 Å². The number of methoxy groups -OCH3 is 1. The van der Waals surface area contributed by atoms with Gasteiger partial charge in [-0.05, 0) is 61.6 Å². The third kappa shape index (κ3) is 5.29. The molecule has 1 atom stereocenters. The Hall–Kier alpha value is -3.08. The Morgan fingerprint density at radius 1 is 1.21 bits per heavy atom. The minimum absolute atomic E-state index is 0.107. The largest absolute Gasteiger partial charge is 0.496 e. The molecule has 0 amide bonds. The Kier molecular flexibility index (Phi) is 7.31. The van der Waals surface area contributed by atoms with Crippen molar-refractivity contribution in [3.8, 4) is 5.75 Å². The molecule has 0 bridgehead atoms. The number of amidine groups is 1. The molecule has 0 fully saturated rings. The summed E-state index contributed by atoms with van der Waals surface area (Å²) in [7, 11) is -2.54. The second kappa shape index (κ2) is 9.82. The van der Waals surface area contributed by atoms with Gasteiger partial charge in [-0.15, -0.1) is 15.7 Å². The van der Waals surface area contributed by atoms with Crippen molar-refractivity contribution < 1.29 is 17.9 Å². The number of nitrogens with zero attached hydrogens (tertiary/aromatic N) is 2. The van der Waals surface area contributed by atoms with E-state index in [-0.39, 0.29) is 22.9 Å². The molecule has 33 heavy (non-hydrogen) atoms. The zero-order chi connectivity index (χ0) is 24.3. The number of hydrogen-bond donors (Lipinski definition) is 2. The van der Waals surface area contributed by atoms with Crippen LogP contribution in [0.1, 0.15) is 37.6 Å². The number of thiazole rings is 1. The van der Waals surface area contributed by atoms with Crippen LogP contribution >= 0.6 is 11.3 Å². The number of carbonyl (C=O) groups excluding carboxylic acids is 1. The number of benzene rings is 2. The molecule has 0 aliphatic heterocycles. The fourth-order valence-corrected chi connectivity index (χ4v) is 5.67. The van der Waals surface area contributed by atoms with Gasteiger partial charge in [0.1, 0.15) is 11.6 Å². The molecule has 0 aliphatic carbocycles. The van der Waals surface area contributed by atoms with Crippen molar-refractivity contribution >= 4 is 33.0 Å². The summed E-state index contributed by atoms with van der Waals surface area (Å²) < 4.78 is 35.4. The lowest BCUT2D eigenvalue weighted by atomic mass is 10.0. The number of aryl methyl sites for hydroxylation is 1. The van der Waals surface area contributed by atoms with Crippen molar-refractivity contribution in [2.45, 2.75) is 38.1 Å². The Labute approximate surface area is 197 Å². The van der Waals surface area contributed by atoms with Crippen LogP contribution in [-0.4, -0.2) is 38.2 Å². The highest BCUT2D eigenvalue weighted by atomic mass is 32.2. The standard InChI is InChI=1S/C23H26N4O4S2/c1-13-10-19(31-4)14(2)15(3)21(13)33(29,30)27-22(25)17-7-5-6-16(11-17)12-18(24)20(28)23-26-8-9-32-23/h5-11,18H,12,24H2,1-4H3,(H2,25,27)/t18-/m0/s1. The van der Waals surface area contributed by atoms with Crippen LogP contribution < -0.4 is 16.2 Å². The molecule has 10 heteroatoms. The van der Waals surface area contributed by atoms with Gasteiger partial charge < -0.3 is 16.2 Å². The van der Waals surface area contributed by atoms with Gasteiger partial charge in [-0.25, -0.2) is 4.98 Å². The van der Waals surface area contributed by atoms with Crippen molar-refractivity contribution in [3.05, 3.63) is 74.7 Å². The number of ketones is 1. The van der Waals surface area contributed by atoms with Gasteiger partial charge in [-0.3, -0.25) is 4.79 Å². The lowest BCUT2D eigenvalue weighted by Gasteiger charge is -2.15. The van der Waals surface area contributed by atoms with Crippen molar-refractivity contribution in [1.82, 2.24) is 4.98 Å².